The maximum atomic E-state index is 6.12. The molecule has 2 nitrogen and oxygen atoms in total. The Morgan fingerprint density at radius 2 is 1.89 bits per heavy atom. The fourth-order valence-corrected chi connectivity index (χ4v) is 1.96. The summed E-state index contributed by atoms with van der Waals surface area (Å²) in [5.74, 6) is 0. The monoisotopic (exact) mass is 288 g/mol. The Balaban J connectivity index is 2.40. The molecule has 102 valence electrons. The van der Waals surface area contributed by atoms with E-state index in [0.29, 0.717) is 16.1 Å². The largest absolute Gasteiger partial charge is 0.311 e. The second-order valence-corrected chi connectivity index (χ2v) is 6.49. The van der Waals surface area contributed by atoms with Gasteiger partial charge in [0.25, 0.3) is 0 Å². The normalized spacial score (nSPS) is 13.7. The zero-order valence-corrected chi connectivity index (χ0v) is 13.0. The molecule has 1 atom stereocenters. The minimum Gasteiger partial charge on any atom is -0.311 e. The highest BCUT2D eigenvalue weighted by Gasteiger charge is 2.11. The van der Waals surface area contributed by atoms with Crippen LogP contribution in [0.25, 0.3) is 0 Å². The van der Waals surface area contributed by atoms with E-state index in [1.54, 1.807) is 6.07 Å². The van der Waals surface area contributed by atoms with Crippen molar-refractivity contribution in [1.29, 1.82) is 0 Å². The molecule has 0 aliphatic carbocycles. The molecule has 18 heavy (non-hydrogen) atoms. The Morgan fingerprint density at radius 3 is 2.44 bits per heavy atom. The van der Waals surface area contributed by atoms with Gasteiger partial charge in [0.15, 0.2) is 0 Å². The van der Waals surface area contributed by atoms with Gasteiger partial charge in [-0.05, 0) is 45.4 Å². The summed E-state index contributed by atoms with van der Waals surface area (Å²) in [5.41, 5.74) is 1.22. The third kappa shape index (κ3) is 6.05. The van der Waals surface area contributed by atoms with Gasteiger partial charge < -0.3 is 10.6 Å². The van der Waals surface area contributed by atoms with Gasteiger partial charge in [-0.25, -0.2) is 0 Å². The van der Waals surface area contributed by atoms with E-state index >= 15 is 0 Å². The van der Waals surface area contributed by atoms with E-state index in [-0.39, 0.29) is 5.54 Å². The molecule has 0 amide bonds. The van der Waals surface area contributed by atoms with Crippen molar-refractivity contribution < 1.29 is 0 Å². The van der Waals surface area contributed by atoms with Crippen LogP contribution < -0.4 is 10.6 Å². The Kier molecular flexibility index (Phi) is 5.93. The molecule has 2 N–H and O–H groups in total. The fourth-order valence-electron chi connectivity index (χ4n) is 1.48. The third-order valence-electron chi connectivity index (χ3n) is 2.59. The van der Waals surface area contributed by atoms with Crippen molar-refractivity contribution in [3.8, 4) is 0 Å². The smallest absolute Gasteiger partial charge is 0.0465 e. The molecule has 0 radical (unpaired) electrons. The molecule has 1 unspecified atom stereocenters. The zero-order chi connectivity index (χ0) is 13.8. The molecule has 1 rings (SSSR count). The first-order valence-electron chi connectivity index (χ1n) is 6.20. The number of halogens is 2. The first kappa shape index (κ1) is 15.8. The lowest BCUT2D eigenvalue weighted by Gasteiger charge is -2.24. The number of hydrogen-bond donors (Lipinski definition) is 2. The number of nitrogens with one attached hydrogen (secondary N) is 2. The number of rotatable bonds is 5. The molecule has 1 aromatic rings. The summed E-state index contributed by atoms with van der Waals surface area (Å²) in [4.78, 5) is 0. The highest BCUT2D eigenvalue weighted by molar-refractivity contribution is 6.35. The summed E-state index contributed by atoms with van der Waals surface area (Å²) in [6, 6.07) is 5.98. The SMILES string of the molecule is CC(CNC(C)(C)C)NCc1ccc(Cl)cc1Cl. The minimum atomic E-state index is 0.147. The van der Waals surface area contributed by atoms with Crippen LogP contribution in [-0.2, 0) is 6.54 Å². The quantitative estimate of drug-likeness (QED) is 0.860. The van der Waals surface area contributed by atoms with E-state index in [4.69, 9.17) is 23.2 Å². The van der Waals surface area contributed by atoms with Gasteiger partial charge in [0.1, 0.15) is 0 Å². The van der Waals surface area contributed by atoms with Crippen LogP contribution in [0.1, 0.15) is 33.3 Å². The van der Waals surface area contributed by atoms with Gasteiger partial charge in [-0.15, -0.1) is 0 Å². The highest BCUT2D eigenvalue weighted by Crippen LogP contribution is 2.20. The lowest BCUT2D eigenvalue weighted by atomic mass is 10.1. The van der Waals surface area contributed by atoms with Gasteiger partial charge >= 0.3 is 0 Å². The second kappa shape index (κ2) is 6.76. The van der Waals surface area contributed by atoms with Crippen molar-refractivity contribution in [2.75, 3.05) is 6.54 Å². The maximum absolute atomic E-state index is 6.12. The van der Waals surface area contributed by atoms with Crippen LogP contribution in [0.2, 0.25) is 10.0 Å². The Labute approximate surface area is 120 Å². The molecule has 1 aromatic carbocycles. The molecule has 0 fully saturated rings. The summed E-state index contributed by atoms with van der Waals surface area (Å²) >= 11 is 12.0. The van der Waals surface area contributed by atoms with Gasteiger partial charge in [0.2, 0.25) is 0 Å². The van der Waals surface area contributed by atoms with Crippen LogP contribution >= 0.6 is 23.2 Å². The molecule has 0 spiro atoms. The van der Waals surface area contributed by atoms with Gasteiger partial charge in [-0.2, -0.15) is 0 Å². The Morgan fingerprint density at radius 1 is 1.22 bits per heavy atom. The van der Waals surface area contributed by atoms with Crippen molar-refractivity contribution >= 4 is 23.2 Å². The minimum absolute atomic E-state index is 0.147. The fraction of sp³-hybridized carbons (Fsp3) is 0.571. The second-order valence-electron chi connectivity index (χ2n) is 5.65. The summed E-state index contributed by atoms with van der Waals surface area (Å²) in [7, 11) is 0. The van der Waals surface area contributed by atoms with E-state index < -0.39 is 0 Å². The van der Waals surface area contributed by atoms with E-state index in [2.05, 4.69) is 38.3 Å². The topological polar surface area (TPSA) is 24.1 Å². The van der Waals surface area contributed by atoms with Gasteiger partial charge in [0.05, 0.1) is 0 Å². The Hall–Kier alpha value is -0.280. The van der Waals surface area contributed by atoms with Gasteiger partial charge in [-0.1, -0.05) is 29.3 Å². The standard InChI is InChI=1S/C14H22Cl2N2/c1-10(8-18-14(2,3)4)17-9-11-5-6-12(15)7-13(11)16/h5-7,10,17-18H,8-9H2,1-4H3. The van der Waals surface area contributed by atoms with Crippen LogP contribution in [0.5, 0.6) is 0 Å². The van der Waals surface area contributed by atoms with E-state index in [9.17, 15) is 0 Å². The van der Waals surface area contributed by atoms with Crippen molar-refractivity contribution in [3.63, 3.8) is 0 Å². The molecule has 0 aromatic heterocycles. The average molecular weight is 289 g/mol. The summed E-state index contributed by atoms with van der Waals surface area (Å²) in [5, 5.41) is 8.29. The van der Waals surface area contributed by atoms with Crippen LogP contribution in [0.3, 0.4) is 0 Å². The van der Waals surface area contributed by atoms with E-state index in [0.717, 1.165) is 18.7 Å². The summed E-state index contributed by atoms with van der Waals surface area (Å²) in [6.07, 6.45) is 0. The first-order valence-corrected chi connectivity index (χ1v) is 6.96. The van der Waals surface area contributed by atoms with Crippen LogP contribution in [0.15, 0.2) is 18.2 Å². The molecule has 0 aliphatic rings. The highest BCUT2D eigenvalue weighted by atomic mass is 35.5. The summed E-state index contributed by atoms with van der Waals surface area (Å²) < 4.78 is 0. The van der Waals surface area contributed by atoms with Gasteiger partial charge in [-0.3, -0.25) is 0 Å². The van der Waals surface area contributed by atoms with E-state index in [1.807, 2.05) is 12.1 Å². The first-order chi connectivity index (χ1) is 8.28. The van der Waals surface area contributed by atoms with Crippen molar-refractivity contribution in [3.05, 3.63) is 33.8 Å². The predicted octanol–water partition coefficient (Wildman–Crippen LogP) is 3.86. The molecule has 0 heterocycles. The predicted molar refractivity (Wildman–Crippen MR) is 80.5 cm³/mol. The molecule has 0 saturated carbocycles. The van der Waals surface area contributed by atoms with Crippen molar-refractivity contribution in [2.45, 2.75) is 45.8 Å². The number of benzene rings is 1. The molecule has 0 bridgehead atoms. The number of hydrogen-bond acceptors (Lipinski definition) is 2. The van der Waals surface area contributed by atoms with Gasteiger partial charge in [0, 0.05) is 34.7 Å². The molecule has 0 aliphatic heterocycles. The maximum Gasteiger partial charge on any atom is 0.0465 e. The van der Waals surface area contributed by atoms with E-state index in [1.165, 1.54) is 0 Å². The lowest BCUT2D eigenvalue weighted by molar-refractivity contribution is 0.387. The van der Waals surface area contributed by atoms with Crippen molar-refractivity contribution in [2.24, 2.45) is 0 Å². The molecular weight excluding hydrogens is 267 g/mol. The zero-order valence-electron chi connectivity index (χ0n) is 11.5. The lowest BCUT2D eigenvalue weighted by Crippen LogP contribution is -2.44. The molecular formula is C14H22Cl2N2. The molecule has 0 saturated heterocycles. The Bertz CT molecular complexity index is 386. The summed E-state index contributed by atoms with van der Waals surface area (Å²) in [6.45, 7) is 10.3. The van der Waals surface area contributed by atoms with Crippen LogP contribution in [0, 0.1) is 0 Å². The third-order valence-corrected chi connectivity index (χ3v) is 3.18. The van der Waals surface area contributed by atoms with Crippen LogP contribution in [0.4, 0.5) is 0 Å². The van der Waals surface area contributed by atoms with Crippen LogP contribution in [-0.4, -0.2) is 18.1 Å². The average Bonchev–Trinajstić information content (AvgIpc) is 2.24. The molecule has 4 heteroatoms. The van der Waals surface area contributed by atoms with Crippen molar-refractivity contribution in [1.82, 2.24) is 10.6 Å².